The number of nitrogens with zero attached hydrogens (tertiary/aromatic N) is 2. The Morgan fingerprint density at radius 2 is 1.85 bits per heavy atom. The van der Waals surface area contributed by atoms with Crippen LogP contribution in [0.25, 0.3) is 10.9 Å². The van der Waals surface area contributed by atoms with Crippen LogP contribution in [0.2, 0.25) is 0 Å². The quantitative estimate of drug-likeness (QED) is 0.790. The molecule has 3 heteroatoms. The van der Waals surface area contributed by atoms with Crippen LogP contribution in [0.15, 0.2) is 42.5 Å². The normalized spacial score (nSPS) is 11.2. The van der Waals surface area contributed by atoms with Crippen LogP contribution in [0.1, 0.15) is 22.4 Å². The first kappa shape index (κ1) is 12.9. The average molecular weight is 265 g/mol. The minimum Gasteiger partial charge on any atom is -0.325 e. The summed E-state index contributed by atoms with van der Waals surface area (Å²) in [7, 11) is 0. The van der Waals surface area contributed by atoms with E-state index >= 15 is 0 Å². The fourth-order valence-electron chi connectivity index (χ4n) is 2.54. The first-order chi connectivity index (χ1) is 9.69. The summed E-state index contributed by atoms with van der Waals surface area (Å²) < 4.78 is 2.04. The van der Waals surface area contributed by atoms with Crippen molar-refractivity contribution >= 4 is 10.9 Å². The lowest BCUT2D eigenvalue weighted by Gasteiger charge is -2.06. The van der Waals surface area contributed by atoms with Crippen molar-refractivity contribution in [3.8, 4) is 0 Å². The fraction of sp³-hybridized carbons (Fsp3) is 0.235. The van der Waals surface area contributed by atoms with Gasteiger partial charge in [0, 0.05) is 11.9 Å². The van der Waals surface area contributed by atoms with Gasteiger partial charge in [0.1, 0.15) is 0 Å². The molecule has 3 aromatic rings. The van der Waals surface area contributed by atoms with Crippen LogP contribution in [0.3, 0.4) is 0 Å². The minimum absolute atomic E-state index is 0.473. The first-order valence-electron chi connectivity index (χ1n) is 6.89. The molecule has 1 aromatic heterocycles. The van der Waals surface area contributed by atoms with Gasteiger partial charge in [-0.3, -0.25) is 4.68 Å². The average Bonchev–Trinajstić information content (AvgIpc) is 2.81. The van der Waals surface area contributed by atoms with E-state index in [0.717, 1.165) is 23.1 Å². The van der Waals surface area contributed by atoms with Crippen molar-refractivity contribution in [2.24, 2.45) is 5.73 Å². The molecule has 2 aromatic carbocycles. The lowest BCUT2D eigenvalue weighted by molar-refractivity contribution is 0.693. The summed E-state index contributed by atoms with van der Waals surface area (Å²) in [5.74, 6) is 0. The number of rotatable bonds is 3. The fourth-order valence-corrected chi connectivity index (χ4v) is 2.54. The molecule has 0 aliphatic rings. The van der Waals surface area contributed by atoms with Gasteiger partial charge >= 0.3 is 0 Å². The Balaban J connectivity index is 2.04. The summed E-state index contributed by atoms with van der Waals surface area (Å²) in [6.45, 7) is 5.53. The molecule has 102 valence electrons. The molecule has 0 unspecified atom stereocenters. The molecule has 0 saturated carbocycles. The summed E-state index contributed by atoms with van der Waals surface area (Å²) in [6.07, 6.45) is 0. The highest BCUT2D eigenvalue weighted by Gasteiger charge is 2.09. The second-order valence-electron chi connectivity index (χ2n) is 5.24. The van der Waals surface area contributed by atoms with E-state index in [1.807, 2.05) is 16.8 Å². The monoisotopic (exact) mass is 265 g/mol. The zero-order valence-electron chi connectivity index (χ0n) is 11.9. The van der Waals surface area contributed by atoms with Crippen LogP contribution in [0.5, 0.6) is 0 Å². The van der Waals surface area contributed by atoms with Gasteiger partial charge < -0.3 is 5.73 Å². The maximum atomic E-state index is 5.79. The molecule has 0 atom stereocenters. The highest BCUT2D eigenvalue weighted by atomic mass is 15.3. The molecular formula is C17H19N3. The molecule has 3 nitrogen and oxygen atoms in total. The Labute approximate surface area is 119 Å². The van der Waals surface area contributed by atoms with Gasteiger partial charge in [-0.1, -0.05) is 36.4 Å². The van der Waals surface area contributed by atoms with Crippen LogP contribution in [-0.4, -0.2) is 9.78 Å². The molecular weight excluding hydrogens is 246 g/mol. The van der Waals surface area contributed by atoms with Gasteiger partial charge in [-0.2, -0.15) is 5.10 Å². The highest BCUT2D eigenvalue weighted by molar-refractivity contribution is 5.82. The van der Waals surface area contributed by atoms with Crippen molar-refractivity contribution in [2.45, 2.75) is 26.9 Å². The van der Waals surface area contributed by atoms with Crippen LogP contribution >= 0.6 is 0 Å². The molecule has 2 N–H and O–H groups in total. The molecule has 1 heterocycles. The van der Waals surface area contributed by atoms with Crippen molar-refractivity contribution in [3.05, 3.63) is 64.8 Å². The minimum atomic E-state index is 0.473. The maximum Gasteiger partial charge on any atom is 0.0839 e. The van der Waals surface area contributed by atoms with Crippen LogP contribution in [-0.2, 0) is 13.1 Å². The van der Waals surface area contributed by atoms with Gasteiger partial charge in [0.15, 0.2) is 0 Å². The van der Waals surface area contributed by atoms with E-state index in [-0.39, 0.29) is 0 Å². The Kier molecular flexibility index (Phi) is 3.28. The van der Waals surface area contributed by atoms with Crippen molar-refractivity contribution in [1.29, 1.82) is 0 Å². The third-order valence-corrected chi connectivity index (χ3v) is 3.83. The second-order valence-corrected chi connectivity index (χ2v) is 5.24. The maximum absolute atomic E-state index is 5.79. The van der Waals surface area contributed by atoms with Gasteiger partial charge in [-0.05, 0) is 36.6 Å². The number of nitrogens with two attached hydrogens (primary N) is 1. The van der Waals surface area contributed by atoms with E-state index in [1.54, 1.807) is 0 Å². The topological polar surface area (TPSA) is 43.8 Å². The summed E-state index contributed by atoms with van der Waals surface area (Å²) in [5.41, 5.74) is 11.8. The number of para-hydroxylation sites is 1. The summed E-state index contributed by atoms with van der Waals surface area (Å²) in [4.78, 5) is 0. The number of hydrogen-bond donors (Lipinski definition) is 1. The number of fused-ring (bicyclic) bond motifs is 1. The van der Waals surface area contributed by atoms with Crippen molar-refractivity contribution in [1.82, 2.24) is 9.78 Å². The van der Waals surface area contributed by atoms with E-state index in [9.17, 15) is 0 Å². The first-order valence-corrected chi connectivity index (χ1v) is 6.89. The zero-order chi connectivity index (χ0) is 14.1. The smallest absolute Gasteiger partial charge is 0.0839 e. The number of hydrogen-bond acceptors (Lipinski definition) is 2. The molecule has 0 bridgehead atoms. The predicted octanol–water partition coefficient (Wildman–Crippen LogP) is 3.16. The molecule has 20 heavy (non-hydrogen) atoms. The van der Waals surface area contributed by atoms with E-state index in [1.165, 1.54) is 16.7 Å². The van der Waals surface area contributed by atoms with Gasteiger partial charge in [-0.15, -0.1) is 0 Å². The highest BCUT2D eigenvalue weighted by Crippen LogP contribution is 2.20. The lowest BCUT2D eigenvalue weighted by Crippen LogP contribution is -2.04. The zero-order valence-corrected chi connectivity index (χ0v) is 11.9. The third-order valence-electron chi connectivity index (χ3n) is 3.83. The molecule has 0 fully saturated rings. The molecule has 0 amide bonds. The third kappa shape index (κ3) is 2.21. The summed E-state index contributed by atoms with van der Waals surface area (Å²) >= 11 is 0. The molecule has 0 spiro atoms. The Morgan fingerprint density at radius 1 is 1.05 bits per heavy atom. The number of benzene rings is 2. The molecule has 0 aliphatic carbocycles. The van der Waals surface area contributed by atoms with Crippen molar-refractivity contribution in [3.63, 3.8) is 0 Å². The number of aryl methyl sites for hydroxylation is 2. The molecule has 0 aliphatic heterocycles. The van der Waals surface area contributed by atoms with E-state index in [0.29, 0.717) is 6.54 Å². The van der Waals surface area contributed by atoms with Crippen molar-refractivity contribution in [2.75, 3.05) is 0 Å². The van der Waals surface area contributed by atoms with Gasteiger partial charge in [0.25, 0.3) is 0 Å². The molecule has 0 radical (unpaired) electrons. The van der Waals surface area contributed by atoms with Gasteiger partial charge in [-0.25, -0.2) is 0 Å². The van der Waals surface area contributed by atoms with Crippen LogP contribution in [0, 0.1) is 13.8 Å². The van der Waals surface area contributed by atoms with E-state index in [2.05, 4.69) is 49.3 Å². The Bertz CT molecular complexity index is 756. The number of aromatic nitrogens is 2. The SMILES string of the molecule is Cc1ccc(Cn2nc(CN)c3ccccc32)cc1C. The standard InChI is InChI=1S/C17H19N3/c1-12-7-8-14(9-13(12)2)11-20-17-6-4-3-5-15(17)16(10-18)19-20/h3-9H,10-11,18H2,1-2H3. The summed E-state index contributed by atoms with van der Waals surface area (Å²) in [6, 6.07) is 14.8. The summed E-state index contributed by atoms with van der Waals surface area (Å²) in [5, 5.41) is 5.80. The van der Waals surface area contributed by atoms with Crippen molar-refractivity contribution < 1.29 is 0 Å². The Morgan fingerprint density at radius 3 is 2.60 bits per heavy atom. The molecule has 3 rings (SSSR count). The van der Waals surface area contributed by atoms with Crippen LogP contribution < -0.4 is 5.73 Å². The van der Waals surface area contributed by atoms with E-state index in [4.69, 9.17) is 5.73 Å². The predicted molar refractivity (Wildman–Crippen MR) is 82.6 cm³/mol. The van der Waals surface area contributed by atoms with Gasteiger partial charge in [0.2, 0.25) is 0 Å². The van der Waals surface area contributed by atoms with Crippen LogP contribution in [0.4, 0.5) is 0 Å². The second kappa shape index (κ2) is 5.10. The van der Waals surface area contributed by atoms with Gasteiger partial charge in [0.05, 0.1) is 17.8 Å². The largest absolute Gasteiger partial charge is 0.325 e. The Hall–Kier alpha value is -2.13. The molecule has 0 saturated heterocycles. The van der Waals surface area contributed by atoms with E-state index < -0.39 is 0 Å². The lowest BCUT2D eigenvalue weighted by atomic mass is 10.1.